The zero-order chi connectivity index (χ0) is 14.8. The second kappa shape index (κ2) is 5.48. The number of alkyl halides is 3. The zero-order valence-corrected chi connectivity index (χ0v) is 10.6. The summed E-state index contributed by atoms with van der Waals surface area (Å²) < 4.78 is 51.0. The Labute approximate surface area is 113 Å². The van der Waals surface area contributed by atoms with Crippen LogP contribution in [-0.2, 0) is 6.18 Å². The summed E-state index contributed by atoms with van der Waals surface area (Å²) >= 11 is 0. The number of nitrogens with zero attached hydrogens (tertiary/aromatic N) is 1. The Morgan fingerprint density at radius 1 is 1.20 bits per heavy atom. The molecule has 0 radical (unpaired) electrons. The van der Waals surface area contributed by atoms with Crippen molar-refractivity contribution in [1.29, 1.82) is 0 Å². The lowest BCUT2D eigenvalue weighted by molar-refractivity contribution is -0.137. The first kappa shape index (κ1) is 14.3. The Hall–Kier alpha value is -2.11. The molecule has 0 saturated carbocycles. The van der Waals surface area contributed by atoms with Crippen molar-refractivity contribution in [3.05, 3.63) is 59.7 Å². The number of hydrogen-bond donors (Lipinski definition) is 1. The fourth-order valence-electron chi connectivity index (χ4n) is 1.76. The van der Waals surface area contributed by atoms with E-state index in [0.717, 1.165) is 17.7 Å². The molecule has 1 N–H and O–H groups in total. The van der Waals surface area contributed by atoms with Crippen LogP contribution in [0.15, 0.2) is 42.7 Å². The molecule has 1 heterocycles. The van der Waals surface area contributed by atoms with Crippen LogP contribution >= 0.6 is 0 Å². The van der Waals surface area contributed by atoms with Crippen LogP contribution in [0, 0.1) is 5.82 Å². The van der Waals surface area contributed by atoms with E-state index in [2.05, 4.69) is 10.3 Å². The highest BCUT2D eigenvalue weighted by Crippen LogP contribution is 2.32. The van der Waals surface area contributed by atoms with E-state index >= 15 is 0 Å². The fourth-order valence-corrected chi connectivity index (χ4v) is 1.76. The van der Waals surface area contributed by atoms with Crippen LogP contribution in [0.25, 0.3) is 0 Å². The molecule has 2 rings (SSSR count). The van der Waals surface area contributed by atoms with E-state index in [9.17, 15) is 17.6 Å². The third kappa shape index (κ3) is 3.26. The number of anilines is 1. The van der Waals surface area contributed by atoms with Crippen LogP contribution < -0.4 is 5.32 Å². The van der Waals surface area contributed by atoms with E-state index in [1.807, 2.05) is 0 Å². The zero-order valence-electron chi connectivity index (χ0n) is 10.6. The van der Waals surface area contributed by atoms with Crippen LogP contribution in [0.1, 0.15) is 24.1 Å². The second-order valence-corrected chi connectivity index (χ2v) is 4.34. The van der Waals surface area contributed by atoms with Crippen molar-refractivity contribution in [3.8, 4) is 0 Å². The molecule has 1 unspecified atom stereocenters. The summed E-state index contributed by atoms with van der Waals surface area (Å²) in [7, 11) is 0. The molecule has 1 aromatic carbocycles. The average Bonchev–Trinajstić information content (AvgIpc) is 2.41. The molecule has 1 atom stereocenters. The molecule has 0 aliphatic heterocycles. The summed E-state index contributed by atoms with van der Waals surface area (Å²) in [4.78, 5) is 3.93. The van der Waals surface area contributed by atoms with Gasteiger partial charge in [-0.15, -0.1) is 0 Å². The monoisotopic (exact) mass is 284 g/mol. The van der Waals surface area contributed by atoms with E-state index in [-0.39, 0.29) is 11.7 Å². The van der Waals surface area contributed by atoms with Gasteiger partial charge in [0.1, 0.15) is 5.82 Å². The maximum absolute atomic E-state index is 13.7. The highest BCUT2D eigenvalue weighted by molar-refractivity contribution is 5.48. The summed E-state index contributed by atoms with van der Waals surface area (Å²) in [5, 5.41) is 2.82. The first-order chi connectivity index (χ1) is 9.38. The first-order valence-corrected chi connectivity index (χ1v) is 5.91. The van der Waals surface area contributed by atoms with Gasteiger partial charge in [0, 0.05) is 12.4 Å². The predicted molar refractivity (Wildman–Crippen MR) is 67.7 cm³/mol. The van der Waals surface area contributed by atoms with Crippen molar-refractivity contribution in [2.75, 3.05) is 5.32 Å². The smallest absolute Gasteiger partial charge is 0.376 e. The second-order valence-electron chi connectivity index (χ2n) is 4.34. The highest BCUT2D eigenvalue weighted by Gasteiger charge is 2.31. The Kier molecular flexibility index (Phi) is 3.92. The molecule has 0 aliphatic rings. The van der Waals surface area contributed by atoms with Crippen LogP contribution in [0.5, 0.6) is 0 Å². The standard InChI is InChI=1S/C14H12F4N2/c1-9(10-3-2-6-19-8-10)20-13-5-4-11(7-12(13)15)14(16,17)18/h2-9,20H,1H3. The summed E-state index contributed by atoms with van der Waals surface area (Å²) in [5.74, 6) is -0.935. The topological polar surface area (TPSA) is 24.9 Å². The molecule has 0 amide bonds. The summed E-state index contributed by atoms with van der Waals surface area (Å²) in [6.45, 7) is 1.77. The SMILES string of the molecule is CC(Nc1ccc(C(F)(F)F)cc1F)c1cccnc1. The fraction of sp³-hybridized carbons (Fsp3) is 0.214. The van der Waals surface area contributed by atoms with Gasteiger partial charge in [0.15, 0.2) is 0 Å². The Morgan fingerprint density at radius 3 is 2.50 bits per heavy atom. The third-order valence-corrected chi connectivity index (χ3v) is 2.85. The normalized spacial score (nSPS) is 13.1. The lowest BCUT2D eigenvalue weighted by Crippen LogP contribution is -2.10. The molecule has 0 fully saturated rings. The molecule has 6 heteroatoms. The molecular formula is C14H12F4N2. The van der Waals surface area contributed by atoms with E-state index in [1.54, 1.807) is 31.5 Å². The molecule has 20 heavy (non-hydrogen) atoms. The molecular weight excluding hydrogens is 272 g/mol. The average molecular weight is 284 g/mol. The van der Waals surface area contributed by atoms with Crippen molar-refractivity contribution in [1.82, 2.24) is 4.98 Å². The summed E-state index contributed by atoms with van der Waals surface area (Å²) in [6, 6.07) is 5.68. The maximum Gasteiger partial charge on any atom is 0.416 e. The van der Waals surface area contributed by atoms with Gasteiger partial charge in [-0.1, -0.05) is 6.07 Å². The van der Waals surface area contributed by atoms with Crippen LogP contribution in [-0.4, -0.2) is 4.98 Å². The van der Waals surface area contributed by atoms with Gasteiger partial charge in [0.25, 0.3) is 0 Å². The van der Waals surface area contributed by atoms with Gasteiger partial charge in [-0.05, 0) is 36.8 Å². The molecule has 0 aliphatic carbocycles. The number of nitrogens with one attached hydrogen (secondary N) is 1. The van der Waals surface area contributed by atoms with Gasteiger partial charge in [-0.25, -0.2) is 4.39 Å². The minimum absolute atomic E-state index is 0.0225. The number of aromatic nitrogens is 1. The number of hydrogen-bond acceptors (Lipinski definition) is 2. The minimum Gasteiger partial charge on any atom is -0.376 e. The first-order valence-electron chi connectivity index (χ1n) is 5.91. The minimum atomic E-state index is -4.55. The van der Waals surface area contributed by atoms with E-state index in [1.165, 1.54) is 0 Å². The van der Waals surface area contributed by atoms with Crippen LogP contribution in [0.4, 0.5) is 23.2 Å². The number of rotatable bonds is 3. The quantitative estimate of drug-likeness (QED) is 0.844. The Morgan fingerprint density at radius 2 is 1.95 bits per heavy atom. The number of halogens is 4. The molecule has 0 spiro atoms. The maximum atomic E-state index is 13.7. The van der Waals surface area contributed by atoms with E-state index in [4.69, 9.17) is 0 Å². The molecule has 2 nitrogen and oxygen atoms in total. The van der Waals surface area contributed by atoms with Gasteiger partial charge in [0.05, 0.1) is 17.3 Å². The third-order valence-electron chi connectivity index (χ3n) is 2.85. The molecule has 2 aromatic rings. The Balaban J connectivity index is 2.18. The largest absolute Gasteiger partial charge is 0.416 e. The molecule has 1 aromatic heterocycles. The highest BCUT2D eigenvalue weighted by atomic mass is 19.4. The summed E-state index contributed by atoms with van der Waals surface area (Å²) in [5.41, 5.74) is -0.171. The van der Waals surface area contributed by atoms with Gasteiger partial charge < -0.3 is 5.32 Å². The molecule has 0 bridgehead atoms. The Bertz CT molecular complexity index is 581. The van der Waals surface area contributed by atoms with Crippen molar-refractivity contribution in [2.24, 2.45) is 0 Å². The summed E-state index contributed by atoms with van der Waals surface area (Å²) in [6.07, 6.45) is -1.33. The molecule has 0 saturated heterocycles. The van der Waals surface area contributed by atoms with Crippen molar-refractivity contribution < 1.29 is 17.6 Å². The van der Waals surface area contributed by atoms with Crippen molar-refractivity contribution >= 4 is 5.69 Å². The predicted octanol–water partition coefficient (Wildman–Crippen LogP) is 4.41. The van der Waals surface area contributed by atoms with Gasteiger partial charge in [0.2, 0.25) is 0 Å². The lowest BCUT2D eigenvalue weighted by atomic mass is 10.1. The van der Waals surface area contributed by atoms with Gasteiger partial charge >= 0.3 is 6.18 Å². The number of benzene rings is 1. The van der Waals surface area contributed by atoms with Crippen molar-refractivity contribution in [3.63, 3.8) is 0 Å². The van der Waals surface area contributed by atoms with Gasteiger partial charge in [-0.3, -0.25) is 4.98 Å². The van der Waals surface area contributed by atoms with Crippen molar-refractivity contribution in [2.45, 2.75) is 19.1 Å². The van der Waals surface area contributed by atoms with Crippen LogP contribution in [0.2, 0.25) is 0 Å². The number of pyridine rings is 1. The van der Waals surface area contributed by atoms with Crippen LogP contribution in [0.3, 0.4) is 0 Å². The van der Waals surface area contributed by atoms with Gasteiger partial charge in [-0.2, -0.15) is 13.2 Å². The lowest BCUT2D eigenvalue weighted by Gasteiger charge is -2.16. The van der Waals surface area contributed by atoms with E-state index in [0.29, 0.717) is 6.07 Å². The molecule has 106 valence electrons. The van der Waals surface area contributed by atoms with E-state index < -0.39 is 17.6 Å².